The number of aromatic nitrogens is 2. The Labute approximate surface area is 197 Å². The molecule has 7 heteroatoms. The molecule has 0 atom stereocenters. The number of rotatable bonds is 6. The first kappa shape index (κ1) is 21.6. The highest BCUT2D eigenvalue weighted by molar-refractivity contribution is 6.07. The van der Waals surface area contributed by atoms with Gasteiger partial charge in [0, 0.05) is 30.5 Å². The molecule has 5 rings (SSSR count). The lowest BCUT2D eigenvalue weighted by Gasteiger charge is -2.31. The van der Waals surface area contributed by atoms with Gasteiger partial charge in [-0.05, 0) is 59.5 Å². The fraction of sp³-hybridized carbons (Fsp3) is 0.185. The van der Waals surface area contributed by atoms with Gasteiger partial charge in [-0.25, -0.2) is 9.97 Å². The number of primary amides is 1. The molecule has 0 bridgehead atoms. The fourth-order valence-corrected chi connectivity index (χ4v) is 4.49. The predicted octanol–water partition coefficient (Wildman–Crippen LogP) is 3.73. The number of fused-ring (bicyclic) bond motifs is 2. The van der Waals surface area contributed by atoms with E-state index in [9.17, 15) is 9.59 Å². The van der Waals surface area contributed by atoms with Gasteiger partial charge in [-0.1, -0.05) is 24.3 Å². The highest BCUT2D eigenvalue weighted by Crippen LogP contribution is 2.30. The Morgan fingerprint density at radius 3 is 2.62 bits per heavy atom. The van der Waals surface area contributed by atoms with E-state index in [0.717, 1.165) is 35.5 Å². The molecule has 7 nitrogen and oxygen atoms in total. The Morgan fingerprint density at radius 2 is 1.85 bits per heavy atom. The van der Waals surface area contributed by atoms with Crippen LogP contribution in [0, 0.1) is 0 Å². The Balaban J connectivity index is 1.40. The van der Waals surface area contributed by atoms with Crippen molar-refractivity contribution in [1.82, 2.24) is 9.97 Å². The third kappa shape index (κ3) is 4.08. The first-order valence-electron chi connectivity index (χ1n) is 11.1. The number of Topliss-reactive ketones (excluding diaryl/α,β-unsaturated/α-hetero) is 1. The number of carbonyl (C=O) groups is 2. The molecule has 0 unspecified atom stereocenters. The lowest BCUT2D eigenvalue weighted by Crippen LogP contribution is -2.31. The van der Waals surface area contributed by atoms with E-state index >= 15 is 0 Å². The summed E-state index contributed by atoms with van der Waals surface area (Å²) >= 11 is 0. The van der Waals surface area contributed by atoms with Crippen LogP contribution >= 0.6 is 0 Å². The number of hydrogen-bond donors (Lipinski definition) is 1. The third-order valence-electron chi connectivity index (χ3n) is 6.27. The molecule has 0 radical (unpaired) electrons. The number of amides is 1. The van der Waals surface area contributed by atoms with Crippen molar-refractivity contribution in [2.24, 2.45) is 5.73 Å². The van der Waals surface area contributed by atoms with Crippen molar-refractivity contribution in [3.63, 3.8) is 0 Å². The van der Waals surface area contributed by atoms with Crippen LogP contribution in [0.1, 0.15) is 37.4 Å². The topological polar surface area (TPSA) is 98.4 Å². The van der Waals surface area contributed by atoms with E-state index in [1.165, 1.54) is 17.5 Å². The van der Waals surface area contributed by atoms with Gasteiger partial charge in [0.05, 0.1) is 18.2 Å². The molecular formula is C27H24N4O3. The maximum atomic E-state index is 12.8. The summed E-state index contributed by atoms with van der Waals surface area (Å²) in [4.78, 5) is 35.7. The maximum absolute atomic E-state index is 12.8. The van der Waals surface area contributed by atoms with Gasteiger partial charge in [0.1, 0.15) is 17.9 Å². The van der Waals surface area contributed by atoms with Crippen molar-refractivity contribution in [3.8, 4) is 5.75 Å². The lowest BCUT2D eigenvalue weighted by molar-refractivity contribution is 0.0988. The Morgan fingerprint density at radius 1 is 1.03 bits per heavy atom. The molecule has 1 amide bonds. The zero-order valence-corrected chi connectivity index (χ0v) is 18.8. The third-order valence-corrected chi connectivity index (χ3v) is 6.27. The number of carbonyl (C=O) groups excluding carboxylic acids is 2. The van der Waals surface area contributed by atoms with Crippen LogP contribution in [-0.2, 0) is 19.4 Å². The van der Waals surface area contributed by atoms with E-state index in [2.05, 4.69) is 27.0 Å². The molecule has 4 aromatic rings. The van der Waals surface area contributed by atoms with E-state index in [4.69, 9.17) is 10.5 Å². The second-order valence-electron chi connectivity index (χ2n) is 8.37. The summed E-state index contributed by atoms with van der Waals surface area (Å²) < 4.78 is 5.17. The predicted molar refractivity (Wildman–Crippen MR) is 130 cm³/mol. The van der Waals surface area contributed by atoms with Crippen LogP contribution in [0.3, 0.4) is 0 Å². The molecule has 0 saturated heterocycles. The standard InChI is InChI=1S/C27H24N4O3/c1-34-21-9-7-19(8-10-21)24(32)14-17-5-6-18-11-12-31(15-20(18)13-17)27-23-4-2-3-22(26(28)33)25(23)29-16-30-27/h2-10,13,16H,11-12,14-15H2,1H3,(H2,28,33). The molecule has 2 heterocycles. The number of hydrogen-bond acceptors (Lipinski definition) is 6. The van der Waals surface area contributed by atoms with Crippen LogP contribution in [0.15, 0.2) is 67.0 Å². The zero-order chi connectivity index (χ0) is 23.7. The Bertz CT molecular complexity index is 1400. The van der Waals surface area contributed by atoms with E-state index in [1.807, 2.05) is 12.1 Å². The van der Waals surface area contributed by atoms with E-state index in [1.54, 1.807) is 43.5 Å². The average Bonchev–Trinajstić information content (AvgIpc) is 2.87. The Hall–Kier alpha value is -4.26. The van der Waals surface area contributed by atoms with Crippen LogP contribution in [-0.4, -0.2) is 35.3 Å². The summed E-state index contributed by atoms with van der Waals surface area (Å²) in [6.45, 7) is 1.46. The number of ketones is 1. The highest BCUT2D eigenvalue weighted by Gasteiger charge is 2.21. The lowest BCUT2D eigenvalue weighted by atomic mass is 9.94. The molecule has 1 aliphatic heterocycles. The van der Waals surface area contributed by atoms with Crippen LogP contribution in [0.2, 0.25) is 0 Å². The van der Waals surface area contributed by atoms with Gasteiger partial charge >= 0.3 is 0 Å². The van der Waals surface area contributed by atoms with E-state index < -0.39 is 5.91 Å². The van der Waals surface area contributed by atoms with Crippen LogP contribution in [0.25, 0.3) is 10.9 Å². The Kier molecular flexibility index (Phi) is 5.67. The number of benzene rings is 3. The largest absolute Gasteiger partial charge is 0.497 e. The van der Waals surface area contributed by atoms with Crippen molar-refractivity contribution >= 4 is 28.4 Å². The average molecular weight is 453 g/mol. The van der Waals surface area contributed by atoms with Crippen LogP contribution < -0.4 is 15.4 Å². The van der Waals surface area contributed by atoms with Gasteiger partial charge in [0.15, 0.2) is 5.78 Å². The molecule has 34 heavy (non-hydrogen) atoms. The number of methoxy groups -OCH3 is 1. The number of para-hydroxylation sites is 1. The van der Waals surface area contributed by atoms with Crippen LogP contribution in [0.4, 0.5) is 5.82 Å². The van der Waals surface area contributed by atoms with Crippen molar-refractivity contribution in [1.29, 1.82) is 0 Å². The smallest absolute Gasteiger partial charge is 0.250 e. The molecule has 2 N–H and O–H groups in total. The van der Waals surface area contributed by atoms with Crippen molar-refractivity contribution in [3.05, 3.63) is 94.8 Å². The minimum atomic E-state index is -0.509. The SMILES string of the molecule is COc1ccc(C(=O)Cc2ccc3c(c2)CN(c2ncnc4c(C(N)=O)cccc24)CC3)cc1. The summed E-state index contributed by atoms with van der Waals surface area (Å²) in [6, 6.07) is 18.8. The second kappa shape index (κ2) is 8.94. The van der Waals surface area contributed by atoms with Gasteiger partial charge in [0.2, 0.25) is 0 Å². The quantitative estimate of drug-likeness (QED) is 0.448. The van der Waals surface area contributed by atoms with Crippen molar-refractivity contribution < 1.29 is 14.3 Å². The van der Waals surface area contributed by atoms with Gasteiger partial charge in [-0.2, -0.15) is 0 Å². The number of anilines is 1. The number of nitrogens with zero attached hydrogens (tertiary/aromatic N) is 3. The molecule has 1 aromatic heterocycles. The maximum Gasteiger partial charge on any atom is 0.250 e. The molecule has 1 aliphatic rings. The highest BCUT2D eigenvalue weighted by atomic mass is 16.5. The molecule has 170 valence electrons. The van der Waals surface area contributed by atoms with Gasteiger partial charge < -0.3 is 15.4 Å². The molecular weight excluding hydrogens is 428 g/mol. The molecule has 0 spiro atoms. The summed E-state index contributed by atoms with van der Waals surface area (Å²) in [5.74, 6) is 1.06. The molecule has 0 fully saturated rings. The molecule has 3 aromatic carbocycles. The van der Waals surface area contributed by atoms with Crippen LogP contribution in [0.5, 0.6) is 5.75 Å². The molecule has 0 aliphatic carbocycles. The minimum absolute atomic E-state index is 0.0658. The number of nitrogens with two attached hydrogens (primary N) is 1. The van der Waals surface area contributed by atoms with Crippen molar-refractivity contribution in [2.45, 2.75) is 19.4 Å². The van der Waals surface area contributed by atoms with Gasteiger partial charge in [-0.3, -0.25) is 9.59 Å². The van der Waals surface area contributed by atoms with Crippen molar-refractivity contribution in [2.75, 3.05) is 18.6 Å². The summed E-state index contributed by atoms with van der Waals surface area (Å²) in [7, 11) is 1.61. The number of ether oxygens (including phenoxy) is 1. The molecule has 0 saturated carbocycles. The first-order valence-corrected chi connectivity index (χ1v) is 11.1. The minimum Gasteiger partial charge on any atom is -0.497 e. The van der Waals surface area contributed by atoms with E-state index in [0.29, 0.717) is 29.6 Å². The van der Waals surface area contributed by atoms with Gasteiger partial charge in [0.25, 0.3) is 5.91 Å². The summed E-state index contributed by atoms with van der Waals surface area (Å²) in [5, 5.41) is 0.799. The van der Waals surface area contributed by atoms with E-state index in [-0.39, 0.29) is 5.78 Å². The normalized spacial score (nSPS) is 12.9. The van der Waals surface area contributed by atoms with Gasteiger partial charge in [-0.15, -0.1) is 0 Å². The summed E-state index contributed by atoms with van der Waals surface area (Å²) in [6.07, 6.45) is 2.67. The second-order valence-corrected chi connectivity index (χ2v) is 8.37. The summed E-state index contributed by atoms with van der Waals surface area (Å²) in [5.41, 5.74) is 10.6. The fourth-order valence-electron chi connectivity index (χ4n) is 4.49. The zero-order valence-electron chi connectivity index (χ0n) is 18.8. The monoisotopic (exact) mass is 452 g/mol. The first-order chi connectivity index (χ1) is 16.5.